The molecule has 2 aliphatic rings. The molecule has 3 rings (SSSR count). The third-order valence-corrected chi connectivity index (χ3v) is 6.28. The van der Waals surface area contributed by atoms with Crippen molar-refractivity contribution in [3.8, 4) is 5.75 Å². The Bertz CT molecular complexity index is 655. The van der Waals surface area contributed by atoms with E-state index in [1.165, 1.54) is 12.1 Å². The lowest BCUT2D eigenvalue weighted by Gasteiger charge is -2.41. The molecule has 0 bridgehead atoms. The van der Waals surface area contributed by atoms with Crippen molar-refractivity contribution in [3.05, 3.63) is 29.8 Å². The fraction of sp³-hybridized carbons (Fsp3) is 0.714. The topological polar surface area (TPSA) is 35.9 Å². The Morgan fingerprint density at radius 1 is 1.20 bits per heavy atom. The second kappa shape index (κ2) is 11.2. The maximum atomic E-state index is 12.7. The molecular weight excluding hydrogens is 440 g/mol. The molecule has 0 amide bonds. The normalized spacial score (nSPS) is 22.8. The molecule has 1 heterocycles. The van der Waals surface area contributed by atoms with Crippen molar-refractivity contribution in [2.75, 3.05) is 33.7 Å². The lowest BCUT2D eigenvalue weighted by molar-refractivity contribution is -0.274. The number of aliphatic hydroxyl groups is 1. The number of hydrogen-bond donors (Lipinski definition) is 1. The molecule has 0 radical (unpaired) electrons. The third kappa shape index (κ3) is 7.16. The summed E-state index contributed by atoms with van der Waals surface area (Å²) in [7, 11) is 4.14. The van der Waals surface area contributed by atoms with Crippen LogP contribution in [0.2, 0.25) is 0 Å². The summed E-state index contributed by atoms with van der Waals surface area (Å²) in [5.41, 5.74) is -0.162. The van der Waals surface area contributed by atoms with Crippen molar-refractivity contribution in [3.63, 3.8) is 0 Å². The Balaban J connectivity index is 0.00000225. The van der Waals surface area contributed by atoms with Gasteiger partial charge in [0, 0.05) is 25.0 Å². The summed E-state index contributed by atoms with van der Waals surface area (Å²) >= 11 is 0. The van der Waals surface area contributed by atoms with Gasteiger partial charge in [-0.05, 0) is 57.6 Å². The molecule has 1 N–H and O–H groups in total. The first kappa shape index (κ1) is 27.3. The lowest BCUT2D eigenvalue weighted by atomic mass is 9.72. The monoisotopic (exact) mass is 472 g/mol. The summed E-state index contributed by atoms with van der Waals surface area (Å²) in [5.74, 6) is -0.451. The van der Waals surface area contributed by atoms with Crippen LogP contribution in [0.3, 0.4) is 0 Å². The molecule has 2 fully saturated rings. The molecular formula is C21H33Cl2F3N2O2. The Kier molecular flexibility index (Phi) is 10.2. The van der Waals surface area contributed by atoms with Crippen molar-refractivity contribution in [1.29, 1.82) is 0 Å². The number of alkyl halides is 3. The van der Waals surface area contributed by atoms with Crippen molar-refractivity contribution in [1.82, 2.24) is 9.80 Å². The molecule has 174 valence electrons. The predicted molar refractivity (Wildman–Crippen MR) is 117 cm³/mol. The zero-order valence-corrected chi connectivity index (χ0v) is 19.2. The van der Waals surface area contributed by atoms with Crippen LogP contribution < -0.4 is 4.74 Å². The lowest BCUT2D eigenvalue weighted by Crippen LogP contribution is -2.44. The SMILES string of the molecule is CN(C)[C@H]1CCN(CC(c2cccc(OC(F)(F)F)c2)C2(O)CCCCC2)C1.Cl.Cl. The second-order valence-corrected chi connectivity index (χ2v) is 8.50. The van der Waals surface area contributed by atoms with Crippen LogP contribution in [0.25, 0.3) is 0 Å². The summed E-state index contributed by atoms with van der Waals surface area (Å²) in [6.45, 7) is 2.50. The van der Waals surface area contributed by atoms with Crippen LogP contribution in [-0.2, 0) is 0 Å². The Hall–Kier alpha value is -0.730. The molecule has 1 saturated carbocycles. The van der Waals surface area contributed by atoms with Gasteiger partial charge in [-0.1, -0.05) is 31.4 Å². The van der Waals surface area contributed by atoms with E-state index in [9.17, 15) is 18.3 Å². The largest absolute Gasteiger partial charge is 0.573 e. The van der Waals surface area contributed by atoms with E-state index < -0.39 is 12.0 Å². The van der Waals surface area contributed by atoms with E-state index in [2.05, 4.69) is 28.6 Å². The Morgan fingerprint density at radius 2 is 1.87 bits per heavy atom. The van der Waals surface area contributed by atoms with Gasteiger partial charge in [-0.3, -0.25) is 0 Å². The molecule has 1 aromatic rings. The summed E-state index contributed by atoms with van der Waals surface area (Å²) in [6.07, 6.45) is 0.718. The summed E-state index contributed by atoms with van der Waals surface area (Å²) < 4.78 is 42.1. The van der Waals surface area contributed by atoms with Crippen molar-refractivity contribution < 1.29 is 23.0 Å². The fourth-order valence-electron chi connectivity index (χ4n) is 4.68. The number of halogens is 5. The maximum Gasteiger partial charge on any atom is 0.573 e. The fourth-order valence-corrected chi connectivity index (χ4v) is 4.68. The molecule has 4 nitrogen and oxygen atoms in total. The van der Waals surface area contributed by atoms with Crippen LogP contribution in [0.15, 0.2) is 24.3 Å². The van der Waals surface area contributed by atoms with Crippen LogP contribution in [0.1, 0.15) is 50.0 Å². The first-order valence-corrected chi connectivity index (χ1v) is 10.1. The van der Waals surface area contributed by atoms with Crippen LogP contribution >= 0.6 is 24.8 Å². The van der Waals surface area contributed by atoms with Gasteiger partial charge in [-0.25, -0.2) is 0 Å². The van der Waals surface area contributed by atoms with Crippen molar-refractivity contribution in [2.45, 2.75) is 62.4 Å². The highest BCUT2D eigenvalue weighted by molar-refractivity contribution is 5.85. The van der Waals surface area contributed by atoms with E-state index in [-0.39, 0.29) is 36.5 Å². The second-order valence-electron chi connectivity index (χ2n) is 8.50. The van der Waals surface area contributed by atoms with Gasteiger partial charge in [-0.2, -0.15) is 0 Å². The highest BCUT2D eigenvalue weighted by Crippen LogP contribution is 2.42. The van der Waals surface area contributed by atoms with Gasteiger partial charge in [0.1, 0.15) is 5.75 Å². The zero-order chi connectivity index (χ0) is 20.4. The van der Waals surface area contributed by atoms with E-state index in [0.717, 1.165) is 44.3 Å². The van der Waals surface area contributed by atoms with E-state index in [4.69, 9.17) is 0 Å². The number of rotatable bonds is 6. The van der Waals surface area contributed by atoms with Gasteiger partial charge in [0.25, 0.3) is 0 Å². The van der Waals surface area contributed by atoms with Gasteiger partial charge in [0.2, 0.25) is 0 Å². The maximum absolute atomic E-state index is 12.7. The number of nitrogens with zero attached hydrogens (tertiary/aromatic N) is 2. The summed E-state index contributed by atoms with van der Waals surface area (Å²) in [6, 6.07) is 6.64. The molecule has 1 aliphatic heterocycles. The molecule has 0 aromatic heterocycles. The van der Waals surface area contributed by atoms with E-state index in [1.54, 1.807) is 6.07 Å². The molecule has 9 heteroatoms. The van der Waals surface area contributed by atoms with Gasteiger partial charge in [-0.15, -0.1) is 38.0 Å². The van der Waals surface area contributed by atoms with Gasteiger partial charge in [0.05, 0.1) is 5.60 Å². The average Bonchev–Trinajstić information content (AvgIpc) is 3.08. The zero-order valence-electron chi connectivity index (χ0n) is 17.5. The minimum atomic E-state index is -4.72. The van der Waals surface area contributed by atoms with E-state index in [1.807, 2.05) is 6.07 Å². The highest BCUT2D eigenvalue weighted by atomic mass is 35.5. The first-order valence-electron chi connectivity index (χ1n) is 10.1. The minimum Gasteiger partial charge on any atom is -0.406 e. The molecule has 1 unspecified atom stereocenters. The predicted octanol–water partition coefficient (Wildman–Crippen LogP) is 4.84. The van der Waals surface area contributed by atoms with Crippen LogP contribution in [0.5, 0.6) is 5.75 Å². The number of likely N-dealkylation sites (N-methyl/N-ethyl adjacent to an activating group) is 1. The number of likely N-dealkylation sites (tertiary alicyclic amines) is 1. The summed E-state index contributed by atoms with van der Waals surface area (Å²) in [4.78, 5) is 4.54. The Morgan fingerprint density at radius 3 is 2.43 bits per heavy atom. The smallest absolute Gasteiger partial charge is 0.406 e. The van der Waals surface area contributed by atoms with Crippen LogP contribution in [0.4, 0.5) is 13.2 Å². The average molecular weight is 473 g/mol. The van der Waals surface area contributed by atoms with Crippen LogP contribution in [0, 0.1) is 0 Å². The van der Waals surface area contributed by atoms with Crippen molar-refractivity contribution >= 4 is 24.8 Å². The minimum absolute atomic E-state index is 0. The van der Waals surface area contributed by atoms with Gasteiger partial charge in [0.15, 0.2) is 0 Å². The van der Waals surface area contributed by atoms with E-state index in [0.29, 0.717) is 25.4 Å². The molecule has 1 aromatic carbocycles. The first-order chi connectivity index (χ1) is 13.2. The number of ether oxygens (including phenoxy) is 1. The van der Waals surface area contributed by atoms with Crippen LogP contribution in [-0.4, -0.2) is 66.6 Å². The quantitative estimate of drug-likeness (QED) is 0.642. The van der Waals surface area contributed by atoms with Gasteiger partial charge < -0.3 is 19.6 Å². The Labute approximate surface area is 189 Å². The molecule has 30 heavy (non-hydrogen) atoms. The molecule has 0 spiro atoms. The number of hydrogen-bond acceptors (Lipinski definition) is 4. The highest BCUT2D eigenvalue weighted by Gasteiger charge is 2.41. The van der Waals surface area contributed by atoms with Gasteiger partial charge >= 0.3 is 6.36 Å². The standard InChI is InChI=1S/C21H31F3N2O2.2ClH/c1-25(2)17-9-12-26(14-17)15-19(20(27)10-4-3-5-11-20)16-7-6-8-18(13-16)28-21(22,23)24;;/h6-8,13,17,19,27H,3-5,9-12,14-15H2,1-2H3;2*1H/t17-,19?;;/m0../s1. The van der Waals surface area contributed by atoms with Crippen molar-refractivity contribution in [2.24, 2.45) is 0 Å². The van der Waals surface area contributed by atoms with E-state index >= 15 is 0 Å². The number of benzene rings is 1. The molecule has 1 saturated heterocycles. The third-order valence-electron chi connectivity index (χ3n) is 6.28. The molecule has 2 atom stereocenters. The summed E-state index contributed by atoms with van der Waals surface area (Å²) in [5, 5.41) is 11.4. The molecule has 1 aliphatic carbocycles.